The second kappa shape index (κ2) is 6.64. The maximum absolute atomic E-state index is 12.7. The molecule has 0 N–H and O–H groups in total. The van der Waals surface area contributed by atoms with Gasteiger partial charge < -0.3 is 19.4 Å². The Labute approximate surface area is 142 Å². The van der Waals surface area contributed by atoms with Gasteiger partial charge in [-0.2, -0.15) is 0 Å². The van der Waals surface area contributed by atoms with Gasteiger partial charge in [0.15, 0.2) is 0 Å². The zero-order valence-electron chi connectivity index (χ0n) is 14.2. The van der Waals surface area contributed by atoms with Crippen molar-refractivity contribution in [3.8, 4) is 0 Å². The minimum absolute atomic E-state index is 0.115. The Morgan fingerprint density at radius 2 is 1.92 bits per heavy atom. The summed E-state index contributed by atoms with van der Waals surface area (Å²) in [5.74, 6) is 1.42. The van der Waals surface area contributed by atoms with Gasteiger partial charge in [0.2, 0.25) is 5.95 Å². The number of rotatable bonds is 2. The van der Waals surface area contributed by atoms with E-state index in [1.165, 1.54) is 0 Å². The number of amides is 1. The molecule has 0 spiro atoms. The van der Waals surface area contributed by atoms with Crippen molar-refractivity contribution in [3.63, 3.8) is 0 Å². The maximum Gasteiger partial charge on any atom is 0.251 e. The lowest BCUT2D eigenvalue weighted by Gasteiger charge is -2.34. The largest absolute Gasteiger partial charge is 0.363 e. The Balaban J connectivity index is 1.37. The van der Waals surface area contributed by atoms with Gasteiger partial charge in [-0.15, -0.1) is 0 Å². The van der Waals surface area contributed by atoms with Crippen molar-refractivity contribution in [2.24, 2.45) is 5.92 Å². The van der Waals surface area contributed by atoms with Crippen molar-refractivity contribution in [3.05, 3.63) is 18.5 Å². The highest BCUT2D eigenvalue weighted by Gasteiger charge is 2.43. The van der Waals surface area contributed by atoms with Crippen LogP contribution in [0.25, 0.3) is 0 Å². The number of hydrogen-bond acceptors (Lipinski definition) is 6. The van der Waals surface area contributed by atoms with Crippen molar-refractivity contribution < 1.29 is 9.53 Å². The van der Waals surface area contributed by atoms with Gasteiger partial charge in [-0.05, 0) is 31.9 Å². The zero-order chi connectivity index (χ0) is 16.5. The van der Waals surface area contributed by atoms with Gasteiger partial charge in [0.25, 0.3) is 5.91 Å². The number of piperazine rings is 1. The maximum atomic E-state index is 12.7. The minimum atomic E-state index is -0.264. The van der Waals surface area contributed by atoms with Gasteiger partial charge in [-0.1, -0.05) is 0 Å². The van der Waals surface area contributed by atoms with Crippen molar-refractivity contribution >= 4 is 11.9 Å². The summed E-state index contributed by atoms with van der Waals surface area (Å²) in [7, 11) is 2.10. The highest BCUT2D eigenvalue weighted by Crippen LogP contribution is 2.34. The Morgan fingerprint density at radius 1 is 1.17 bits per heavy atom. The molecule has 1 aromatic heterocycles. The second-order valence-electron chi connectivity index (χ2n) is 7.07. The van der Waals surface area contributed by atoms with Gasteiger partial charge in [-0.25, -0.2) is 9.97 Å². The number of anilines is 1. The molecule has 3 atom stereocenters. The molecule has 0 unspecified atom stereocenters. The van der Waals surface area contributed by atoms with Crippen molar-refractivity contribution in [1.29, 1.82) is 0 Å². The Bertz CT molecular complexity index is 576. The molecule has 4 rings (SSSR count). The Kier molecular flexibility index (Phi) is 4.37. The van der Waals surface area contributed by atoms with Crippen LogP contribution < -0.4 is 4.90 Å². The van der Waals surface area contributed by atoms with Crippen LogP contribution in [0.5, 0.6) is 0 Å². The number of aromatic nitrogens is 2. The molecule has 1 aromatic rings. The van der Waals surface area contributed by atoms with E-state index in [0.29, 0.717) is 5.92 Å². The summed E-state index contributed by atoms with van der Waals surface area (Å²) in [5, 5.41) is 0. The molecular formula is C17H25N5O2. The summed E-state index contributed by atoms with van der Waals surface area (Å²) in [4.78, 5) is 27.8. The van der Waals surface area contributed by atoms with E-state index in [9.17, 15) is 4.79 Å². The fraction of sp³-hybridized carbons (Fsp3) is 0.706. The van der Waals surface area contributed by atoms with E-state index < -0.39 is 0 Å². The van der Waals surface area contributed by atoms with Crippen LogP contribution in [0.4, 0.5) is 5.95 Å². The normalized spacial score (nSPS) is 31.1. The standard InChI is InChI=1S/C17H25N5O2/c1-20-7-9-21(10-8-20)16(23)14-11-13-3-6-22(12-15(13)24-14)17-18-4-2-5-19-17/h2,4-5,13-15H,3,6-12H2,1H3/t13-,14+,15-/m1/s1. The molecule has 24 heavy (non-hydrogen) atoms. The SMILES string of the molecule is CN1CCN(C(=O)[C@@H]2C[C@H]3CCN(c4ncccn4)C[C@H]3O2)CC1. The Morgan fingerprint density at radius 3 is 2.67 bits per heavy atom. The predicted octanol–water partition coefficient (Wildman–Crippen LogP) is 0.234. The van der Waals surface area contributed by atoms with E-state index in [2.05, 4.69) is 26.8 Å². The van der Waals surface area contributed by atoms with E-state index >= 15 is 0 Å². The number of likely N-dealkylation sites (N-methyl/N-ethyl adjacent to an activating group) is 1. The third-order valence-electron chi connectivity index (χ3n) is 5.48. The molecule has 0 aliphatic carbocycles. The number of hydrogen-bond donors (Lipinski definition) is 0. The summed E-state index contributed by atoms with van der Waals surface area (Å²) in [6.07, 6.45) is 5.28. The minimum Gasteiger partial charge on any atom is -0.363 e. The molecule has 1 amide bonds. The topological polar surface area (TPSA) is 61.8 Å². The molecule has 7 heteroatoms. The van der Waals surface area contributed by atoms with Crippen LogP contribution in [0.1, 0.15) is 12.8 Å². The van der Waals surface area contributed by atoms with Crippen LogP contribution in [0.15, 0.2) is 18.5 Å². The first kappa shape index (κ1) is 15.8. The monoisotopic (exact) mass is 331 g/mol. The predicted molar refractivity (Wildman–Crippen MR) is 89.7 cm³/mol. The van der Waals surface area contributed by atoms with E-state index in [4.69, 9.17) is 4.74 Å². The first-order valence-electron chi connectivity index (χ1n) is 8.85. The molecule has 0 saturated carbocycles. The molecule has 3 aliphatic rings. The molecular weight excluding hydrogens is 306 g/mol. The Hall–Kier alpha value is -1.73. The molecule has 3 saturated heterocycles. The van der Waals surface area contributed by atoms with E-state index in [1.807, 2.05) is 11.0 Å². The molecule has 0 aromatic carbocycles. The number of fused-ring (bicyclic) bond motifs is 1. The first-order valence-corrected chi connectivity index (χ1v) is 8.85. The third kappa shape index (κ3) is 3.10. The van der Waals surface area contributed by atoms with Gasteiger partial charge in [0, 0.05) is 51.7 Å². The van der Waals surface area contributed by atoms with E-state index in [1.54, 1.807) is 12.4 Å². The van der Waals surface area contributed by atoms with Crippen molar-refractivity contribution in [1.82, 2.24) is 19.8 Å². The molecule has 130 valence electrons. The summed E-state index contributed by atoms with van der Waals surface area (Å²) < 4.78 is 6.16. The fourth-order valence-corrected chi connectivity index (χ4v) is 3.96. The van der Waals surface area contributed by atoms with Crippen LogP contribution in [0, 0.1) is 5.92 Å². The smallest absolute Gasteiger partial charge is 0.251 e. The van der Waals surface area contributed by atoms with Gasteiger partial charge >= 0.3 is 0 Å². The van der Waals surface area contributed by atoms with Crippen LogP contribution >= 0.6 is 0 Å². The average molecular weight is 331 g/mol. The molecule has 0 radical (unpaired) electrons. The number of nitrogens with zero attached hydrogens (tertiary/aromatic N) is 5. The summed E-state index contributed by atoms with van der Waals surface area (Å²) in [6, 6.07) is 1.83. The average Bonchev–Trinajstić information content (AvgIpc) is 3.06. The highest BCUT2D eigenvalue weighted by atomic mass is 16.5. The van der Waals surface area contributed by atoms with Crippen LogP contribution in [-0.4, -0.2) is 84.2 Å². The van der Waals surface area contributed by atoms with Crippen LogP contribution in [0.3, 0.4) is 0 Å². The molecule has 0 bridgehead atoms. The number of ether oxygens (including phenoxy) is 1. The van der Waals surface area contributed by atoms with Crippen molar-refractivity contribution in [2.45, 2.75) is 25.0 Å². The lowest BCUT2D eigenvalue weighted by Crippen LogP contribution is -2.50. The second-order valence-corrected chi connectivity index (χ2v) is 7.07. The zero-order valence-corrected chi connectivity index (χ0v) is 14.2. The van der Waals surface area contributed by atoms with E-state index in [0.717, 1.165) is 58.1 Å². The summed E-state index contributed by atoms with van der Waals surface area (Å²) >= 11 is 0. The van der Waals surface area contributed by atoms with Gasteiger partial charge in [0.05, 0.1) is 6.10 Å². The third-order valence-corrected chi connectivity index (χ3v) is 5.48. The lowest BCUT2D eigenvalue weighted by molar-refractivity contribution is -0.144. The van der Waals surface area contributed by atoms with Gasteiger partial charge in [0.1, 0.15) is 6.10 Å². The molecule has 3 aliphatic heterocycles. The lowest BCUT2D eigenvalue weighted by atomic mass is 9.91. The summed E-state index contributed by atoms with van der Waals surface area (Å²) in [6.45, 7) is 5.24. The van der Waals surface area contributed by atoms with E-state index in [-0.39, 0.29) is 18.1 Å². The molecule has 3 fully saturated rings. The van der Waals surface area contributed by atoms with Crippen molar-refractivity contribution in [2.75, 3.05) is 51.2 Å². The molecule has 4 heterocycles. The van der Waals surface area contributed by atoms with Crippen LogP contribution in [-0.2, 0) is 9.53 Å². The number of piperidine rings is 1. The van der Waals surface area contributed by atoms with Crippen LogP contribution in [0.2, 0.25) is 0 Å². The number of carbonyl (C=O) groups excluding carboxylic acids is 1. The molecule has 7 nitrogen and oxygen atoms in total. The highest BCUT2D eigenvalue weighted by molar-refractivity contribution is 5.81. The fourth-order valence-electron chi connectivity index (χ4n) is 3.96. The first-order chi connectivity index (χ1) is 11.7. The summed E-state index contributed by atoms with van der Waals surface area (Å²) in [5.41, 5.74) is 0. The van der Waals surface area contributed by atoms with Gasteiger partial charge in [-0.3, -0.25) is 4.79 Å². The number of carbonyl (C=O) groups is 1. The quantitative estimate of drug-likeness (QED) is 0.773.